The Labute approximate surface area is 199 Å². The Morgan fingerprint density at radius 3 is 0.853 bits per heavy atom. The number of rotatable bonds is 4. The van der Waals surface area contributed by atoms with Crippen LogP contribution in [0.4, 0.5) is 34.1 Å². The van der Waals surface area contributed by atoms with E-state index in [2.05, 4.69) is 24.3 Å². The van der Waals surface area contributed by atoms with Crippen molar-refractivity contribution in [3.8, 4) is 0 Å². The van der Waals surface area contributed by atoms with E-state index < -0.39 is 0 Å². The van der Waals surface area contributed by atoms with E-state index >= 15 is 0 Å². The molecule has 6 heteroatoms. The summed E-state index contributed by atoms with van der Waals surface area (Å²) in [6.07, 6.45) is 0. The molecule has 1 aliphatic rings. The largest absolute Gasteiger partial charge is 0.399 e. The Hall–Kier alpha value is -4.32. The van der Waals surface area contributed by atoms with Crippen LogP contribution in [0.2, 0.25) is 0 Å². The highest BCUT2D eigenvalue weighted by Gasteiger charge is 2.52. The quantitative estimate of drug-likeness (QED) is 0.249. The van der Waals surface area contributed by atoms with Gasteiger partial charge in [0.05, 0.1) is 0 Å². The van der Waals surface area contributed by atoms with Crippen molar-refractivity contribution < 1.29 is 0 Å². The second kappa shape index (κ2) is 8.23. The molecule has 172 valence electrons. The molecule has 0 aromatic heterocycles. The van der Waals surface area contributed by atoms with E-state index in [4.69, 9.17) is 34.4 Å². The van der Waals surface area contributed by atoms with Crippen LogP contribution < -0.4 is 34.4 Å². The SMILES string of the molecule is Nc1ccc(C2C(c3cc(N)cc(N)c3)C(c3ccc(N)cc3)C2c2cc(N)cc(N)c2)cc1. The van der Waals surface area contributed by atoms with Crippen LogP contribution in [0, 0.1) is 0 Å². The van der Waals surface area contributed by atoms with Crippen molar-refractivity contribution in [3.63, 3.8) is 0 Å². The van der Waals surface area contributed by atoms with Gasteiger partial charge in [0, 0.05) is 34.1 Å². The average molecular weight is 451 g/mol. The molecule has 1 saturated carbocycles. The molecule has 4 aromatic carbocycles. The number of anilines is 6. The molecule has 1 fully saturated rings. The van der Waals surface area contributed by atoms with Crippen LogP contribution in [0.5, 0.6) is 0 Å². The number of benzene rings is 4. The maximum Gasteiger partial charge on any atom is 0.0337 e. The highest BCUT2D eigenvalue weighted by molar-refractivity contribution is 5.61. The molecule has 0 aliphatic heterocycles. The van der Waals surface area contributed by atoms with Gasteiger partial charge in [-0.05, 0) is 107 Å². The molecule has 0 spiro atoms. The zero-order valence-electron chi connectivity index (χ0n) is 18.9. The summed E-state index contributed by atoms with van der Waals surface area (Å²) in [6, 6.07) is 27.9. The summed E-state index contributed by atoms with van der Waals surface area (Å²) in [7, 11) is 0. The molecular weight excluding hydrogens is 420 g/mol. The molecule has 34 heavy (non-hydrogen) atoms. The van der Waals surface area contributed by atoms with Gasteiger partial charge in [0.1, 0.15) is 0 Å². The van der Waals surface area contributed by atoms with Gasteiger partial charge >= 0.3 is 0 Å². The predicted molar refractivity (Wildman–Crippen MR) is 143 cm³/mol. The molecule has 1 aliphatic carbocycles. The van der Waals surface area contributed by atoms with Crippen LogP contribution in [-0.2, 0) is 0 Å². The average Bonchev–Trinajstić information content (AvgIpc) is 2.74. The Morgan fingerprint density at radius 1 is 0.294 bits per heavy atom. The molecule has 6 nitrogen and oxygen atoms in total. The van der Waals surface area contributed by atoms with Crippen LogP contribution >= 0.6 is 0 Å². The summed E-state index contributed by atoms with van der Waals surface area (Å²) in [6.45, 7) is 0. The molecular formula is C28H30N6. The smallest absolute Gasteiger partial charge is 0.0337 e. The van der Waals surface area contributed by atoms with Gasteiger partial charge in [-0.1, -0.05) is 24.3 Å². The Morgan fingerprint density at radius 2 is 0.559 bits per heavy atom. The van der Waals surface area contributed by atoms with E-state index in [-0.39, 0.29) is 23.7 Å². The summed E-state index contributed by atoms with van der Waals surface area (Å²) in [4.78, 5) is 0. The summed E-state index contributed by atoms with van der Waals surface area (Å²) in [5.74, 6) is 0.549. The molecule has 0 heterocycles. The van der Waals surface area contributed by atoms with Gasteiger partial charge in [-0.25, -0.2) is 0 Å². The van der Waals surface area contributed by atoms with Gasteiger partial charge in [0.15, 0.2) is 0 Å². The van der Waals surface area contributed by atoms with Crippen LogP contribution in [0.25, 0.3) is 0 Å². The van der Waals surface area contributed by atoms with E-state index in [9.17, 15) is 0 Å². The van der Waals surface area contributed by atoms with Gasteiger partial charge in [0.25, 0.3) is 0 Å². The highest BCUT2D eigenvalue weighted by Crippen LogP contribution is 2.67. The molecule has 0 atom stereocenters. The predicted octanol–water partition coefficient (Wildman–Crippen LogP) is 4.63. The van der Waals surface area contributed by atoms with Crippen molar-refractivity contribution in [3.05, 3.63) is 107 Å². The molecule has 0 bridgehead atoms. The minimum absolute atomic E-state index is 0.130. The molecule has 0 amide bonds. The fraction of sp³-hybridized carbons (Fsp3) is 0.143. The van der Waals surface area contributed by atoms with Gasteiger partial charge in [0.2, 0.25) is 0 Å². The van der Waals surface area contributed by atoms with E-state index in [1.54, 1.807) is 12.1 Å². The van der Waals surface area contributed by atoms with Gasteiger partial charge < -0.3 is 34.4 Å². The zero-order chi connectivity index (χ0) is 24.0. The summed E-state index contributed by atoms with van der Waals surface area (Å²) in [5.41, 5.74) is 45.6. The van der Waals surface area contributed by atoms with Crippen molar-refractivity contribution in [1.82, 2.24) is 0 Å². The maximum atomic E-state index is 6.22. The van der Waals surface area contributed by atoms with Crippen molar-refractivity contribution in [1.29, 1.82) is 0 Å². The number of nitrogens with two attached hydrogens (primary N) is 6. The Balaban J connectivity index is 1.72. The van der Waals surface area contributed by atoms with Crippen molar-refractivity contribution in [2.75, 3.05) is 34.4 Å². The van der Waals surface area contributed by atoms with Gasteiger partial charge in [-0.2, -0.15) is 0 Å². The molecule has 0 radical (unpaired) electrons. The lowest BCUT2D eigenvalue weighted by Crippen LogP contribution is -2.40. The van der Waals surface area contributed by atoms with E-state index in [0.29, 0.717) is 22.7 Å². The summed E-state index contributed by atoms with van der Waals surface area (Å²) in [5, 5.41) is 0. The highest BCUT2D eigenvalue weighted by atomic mass is 14.6. The second-order valence-electron chi connectivity index (χ2n) is 9.30. The molecule has 0 saturated heterocycles. The van der Waals surface area contributed by atoms with Crippen LogP contribution in [0.15, 0.2) is 84.9 Å². The third-order valence-corrected chi connectivity index (χ3v) is 6.96. The van der Waals surface area contributed by atoms with Gasteiger partial charge in [-0.15, -0.1) is 0 Å². The lowest BCUT2D eigenvalue weighted by atomic mass is 9.49. The number of hydrogen-bond donors (Lipinski definition) is 6. The topological polar surface area (TPSA) is 156 Å². The minimum atomic E-state index is 0.130. The number of nitrogen functional groups attached to an aromatic ring is 6. The van der Waals surface area contributed by atoms with Crippen molar-refractivity contribution in [2.24, 2.45) is 0 Å². The Kier molecular flexibility index (Phi) is 5.21. The fourth-order valence-corrected chi connectivity index (χ4v) is 5.63. The first-order valence-corrected chi connectivity index (χ1v) is 11.3. The summed E-state index contributed by atoms with van der Waals surface area (Å²) < 4.78 is 0. The first-order valence-electron chi connectivity index (χ1n) is 11.3. The monoisotopic (exact) mass is 450 g/mol. The van der Waals surface area contributed by atoms with Gasteiger partial charge in [-0.3, -0.25) is 0 Å². The number of hydrogen-bond acceptors (Lipinski definition) is 6. The van der Waals surface area contributed by atoms with Crippen molar-refractivity contribution in [2.45, 2.75) is 23.7 Å². The lowest BCUT2D eigenvalue weighted by Gasteiger charge is -2.54. The first-order chi connectivity index (χ1) is 16.3. The third-order valence-electron chi connectivity index (χ3n) is 6.96. The molecule has 4 aromatic rings. The maximum absolute atomic E-state index is 6.22. The third kappa shape index (κ3) is 3.83. The van der Waals surface area contributed by atoms with E-state index in [1.165, 1.54) is 11.1 Å². The standard InChI is InChI=1S/C28H30N6/c29-19-5-1-15(2-6-19)25-27(17-9-21(31)13-22(32)10-17)26(16-3-7-20(30)8-4-16)28(25)18-11-23(33)14-24(34)12-18/h1-14,25-28H,29-34H2. The minimum Gasteiger partial charge on any atom is -0.399 e. The summed E-state index contributed by atoms with van der Waals surface area (Å²) >= 11 is 0. The lowest BCUT2D eigenvalue weighted by molar-refractivity contribution is 0.229. The van der Waals surface area contributed by atoms with Crippen LogP contribution in [-0.4, -0.2) is 0 Å². The second-order valence-corrected chi connectivity index (χ2v) is 9.30. The van der Waals surface area contributed by atoms with Crippen LogP contribution in [0.1, 0.15) is 45.9 Å². The van der Waals surface area contributed by atoms with Crippen molar-refractivity contribution >= 4 is 34.1 Å². The molecule has 5 rings (SSSR count). The normalized spacial score (nSPS) is 21.6. The van der Waals surface area contributed by atoms with Crippen LogP contribution in [0.3, 0.4) is 0 Å². The zero-order valence-corrected chi connectivity index (χ0v) is 18.9. The Bertz CT molecular complexity index is 1180. The molecule has 12 N–H and O–H groups in total. The molecule has 0 unspecified atom stereocenters. The van der Waals surface area contributed by atoms with E-state index in [0.717, 1.165) is 22.5 Å². The first kappa shape index (κ1) is 21.5. The fourth-order valence-electron chi connectivity index (χ4n) is 5.63. The van der Waals surface area contributed by atoms with E-state index in [1.807, 2.05) is 48.5 Å².